The summed E-state index contributed by atoms with van der Waals surface area (Å²) >= 11 is 0. The van der Waals surface area contributed by atoms with Gasteiger partial charge in [-0.2, -0.15) is 0 Å². The number of guanidine groups is 1. The van der Waals surface area contributed by atoms with Gasteiger partial charge in [0.15, 0.2) is 5.96 Å². The predicted octanol–water partition coefficient (Wildman–Crippen LogP) is 0.792. The number of cyclic esters (lactones) is 1. The van der Waals surface area contributed by atoms with Crippen molar-refractivity contribution in [3.8, 4) is 5.75 Å². The molecule has 2 fully saturated rings. The summed E-state index contributed by atoms with van der Waals surface area (Å²) in [6.07, 6.45) is 0.830. The lowest BCUT2D eigenvalue weighted by molar-refractivity contribution is -0.138. The molecule has 0 spiro atoms. The number of aliphatic carboxylic acids is 1. The second-order valence-electron chi connectivity index (χ2n) is 7.87. The van der Waals surface area contributed by atoms with Gasteiger partial charge in [0.25, 0.3) is 6.29 Å². The fraction of sp³-hybridized carbons (Fsp3) is 0.550. The third-order valence-corrected chi connectivity index (χ3v) is 5.70. The summed E-state index contributed by atoms with van der Waals surface area (Å²) in [7, 11) is 0. The molecule has 3 unspecified atom stereocenters. The smallest absolute Gasteiger partial charge is 0.413 e. The number of benzene rings is 1. The van der Waals surface area contributed by atoms with Crippen molar-refractivity contribution in [2.75, 3.05) is 19.6 Å². The molecule has 0 bridgehead atoms. The second kappa shape index (κ2) is 9.21. The van der Waals surface area contributed by atoms with Gasteiger partial charge in [-0.15, -0.1) is 0 Å². The molecule has 2 aliphatic heterocycles. The molecule has 3 rings (SSSR count). The van der Waals surface area contributed by atoms with E-state index in [2.05, 4.69) is 0 Å². The lowest BCUT2D eigenvalue weighted by atomic mass is 9.96. The maximum Gasteiger partial charge on any atom is 0.413 e. The molecule has 0 saturated carbocycles. The molecular formula is C20H29N5O5. The van der Waals surface area contributed by atoms with Crippen LogP contribution in [-0.2, 0) is 16.0 Å². The van der Waals surface area contributed by atoms with Crippen LogP contribution in [0.2, 0.25) is 0 Å². The molecule has 10 heteroatoms. The molecule has 2 saturated heterocycles. The predicted molar refractivity (Wildman–Crippen MR) is 109 cm³/mol. The van der Waals surface area contributed by atoms with E-state index in [1.165, 1.54) is 0 Å². The molecule has 10 nitrogen and oxygen atoms in total. The number of nitrogens with zero attached hydrogens (tertiary/aromatic N) is 2. The Hall–Kier alpha value is -3.01. The fourth-order valence-electron chi connectivity index (χ4n) is 3.76. The van der Waals surface area contributed by atoms with Gasteiger partial charge < -0.3 is 30.9 Å². The maximum absolute atomic E-state index is 12.4. The van der Waals surface area contributed by atoms with E-state index in [-0.39, 0.29) is 18.4 Å². The topological polar surface area (TPSA) is 155 Å². The summed E-state index contributed by atoms with van der Waals surface area (Å²) in [6.45, 7) is 3.91. The molecule has 0 aliphatic carbocycles. The third kappa shape index (κ3) is 5.12. The summed E-state index contributed by atoms with van der Waals surface area (Å²) in [5, 5.41) is 16.4. The number of amides is 1. The van der Waals surface area contributed by atoms with Crippen LogP contribution in [0.25, 0.3) is 0 Å². The van der Waals surface area contributed by atoms with Crippen LogP contribution < -0.4 is 16.2 Å². The Balaban J connectivity index is 1.53. The SMILES string of the molecule is CC1C(Oc2ccc(CC(N)C(=O)O)cc2)OC(=O)N1CC1CCN(C(=N)N)CC1. The number of likely N-dealkylation sites (tertiary alicyclic amines) is 1. The number of hydrogen-bond donors (Lipinski definition) is 4. The Kier molecular flexibility index (Phi) is 6.66. The summed E-state index contributed by atoms with van der Waals surface area (Å²) in [5.41, 5.74) is 11.9. The molecular weight excluding hydrogens is 390 g/mol. The van der Waals surface area contributed by atoms with Crippen molar-refractivity contribution in [2.24, 2.45) is 17.4 Å². The van der Waals surface area contributed by atoms with E-state index in [4.69, 9.17) is 31.5 Å². The molecule has 0 aromatic heterocycles. The number of nitrogens with two attached hydrogens (primary N) is 2. The van der Waals surface area contributed by atoms with Gasteiger partial charge in [0, 0.05) is 19.6 Å². The van der Waals surface area contributed by atoms with E-state index in [0.717, 1.165) is 31.5 Å². The minimum atomic E-state index is -1.05. The van der Waals surface area contributed by atoms with Crippen molar-refractivity contribution in [3.63, 3.8) is 0 Å². The van der Waals surface area contributed by atoms with Crippen molar-refractivity contribution >= 4 is 18.0 Å². The first-order valence-electron chi connectivity index (χ1n) is 10.0. The normalized spacial score (nSPS) is 23.2. The Labute approximate surface area is 175 Å². The van der Waals surface area contributed by atoms with Gasteiger partial charge in [0.1, 0.15) is 17.8 Å². The van der Waals surface area contributed by atoms with Gasteiger partial charge in [-0.25, -0.2) is 4.79 Å². The number of carboxylic acid groups (broad SMARTS) is 1. The number of rotatable bonds is 7. The zero-order valence-electron chi connectivity index (χ0n) is 17.0. The van der Waals surface area contributed by atoms with Gasteiger partial charge in [-0.3, -0.25) is 15.1 Å². The van der Waals surface area contributed by atoms with Crippen LogP contribution in [0.1, 0.15) is 25.3 Å². The number of carboxylic acids is 1. The number of nitrogens with one attached hydrogen (secondary N) is 1. The van der Waals surface area contributed by atoms with Crippen LogP contribution in [-0.4, -0.2) is 70.9 Å². The monoisotopic (exact) mass is 419 g/mol. The second-order valence-corrected chi connectivity index (χ2v) is 7.87. The number of carbonyl (C=O) groups is 2. The molecule has 1 aromatic carbocycles. The maximum atomic E-state index is 12.4. The molecule has 1 amide bonds. The Bertz CT molecular complexity index is 778. The summed E-state index contributed by atoms with van der Waals surface area (Å²) < 4.78 is 11.3. The van der Waals surface area contributed by atoms with E-state index >= 15 is 0 Å². The Morgan fingerprint density at radius 1 is 1.33 bits per heavy atom. The first-order valence-corrected chi connectivity index (χ1v) is 10.0. The Morgan fingerprint density at radius 2 is 1.97 bits per heavy atom. The Morgan fingerprint density at radius 3 is 2.53 bits per heavy atom. The summed E-state index contributed by atoms with van der Waals surface area (Å²) in [5.74, 6) is -0.100. The zero-order chi connectivity index (χ0) is 21.8. The van der Waals surface area contributed by atoms with Gasteiger partial charge in [0.05, 0.1) is 0 Å². The first-order chi connectivity index (χ1) is 14.2. The first kappa shape index (κ1) is 21.7. The third-order valence-electron chi connectivity index (χ3n) is 5.70. The van der Waals surface area contributed by atoms with E-state index in [9.17, 15) is 9.59 Å². The van der Waals surface area contributed by atoms with Gasteiger partial charge in [-0.1, -0.05) is 12.1 Å². The molecule has 2 aliphatic rings. The molecule has 30 heavy (non-hydrogen) atoms. The van der Waals surface area contributed by atoms with Gasteiger partial charge in [0.2, 0.25) is 0 Å². The van der Waals surface area contributed by atoms with Crippen LogP contribution in [0.5, 0.6) is 5.75 Å². The lowest BCUT2D eigenvalue weighted by Gasteiger charge is -2.34. The van der Waals surface area contributed by atoms with Crippen molar-refractivity contribution in [1.29, 1.82) is 5.41 Å². The highest BCUT2D eigenvalue weighted by Gasteiger charge is 2.41. The highest BCUT2D eigenvalue weighted by Crippen LogP contribution is 2.27. The summed E-state index contributed by atoms with van der Waals surface area (Å²) in [4.78, 5) is 26.8. The average Bonchev–Trinajstić information content (AvgIpc) is 2.97. The standard InChI is InChI=1S/C20H29N5O5/c1-12-18(29-15-4-2-13(3-5-15)10-16(21)17(26)27)30-20(28)25(12)11-14-6-8-24(9-7-14)19(22)23/h2-5,12,14,16,18H,6-11,21H2,1H3,(H3,22,23)(H,26,27). The zero-order valence-corrected chi connectivity index (χ0v) is 17.0. The summed E-state index contributed by atoms with van der Waals surface area (Å²) in [6, 6.07) is 5.72. The van der Waals surface area contributed by atoms with Crippen molar-refractivity contribution in [2.45, 2.75) is 44.6 Å². The molecule has 2 heterocycles. The highest BCUT2D eigenvalue weighted by atomic mass is 16.7. The van der Waals surface area contributed by atoms with Crippen molar-refractivity contribution in [1.82, 2.24) is 9.80 Å². The molecule has 3 atom stereocenters. The molecule has 164 valence electrons. The fourth-order valence-corrected chi connectivity index (χ4v) is 3.76. The number of ether oxygens (including phenoxy) is 2. The highest BCUT2D eigenvalue weighted by molar-refractivity contribution is 5.74. The molecule has 6 N–H and O–H groups in total. The average molecular weight is 419 g/mol. The van der Waals surface area contributed by atoms with E-state index < -0.39 is 24.4 Å². The molecule has 0 radical (unpaired) electrons. The van der Waals surface area contributed by atoms with Crippen LogP contribution in [0, 0.1) is 11.3 Å². The van der Waals surface area contributed by atoms with E-state index in [1.54, 1.807) is 29.2 Å². The van der Waals surface area contributed by atoms with Crippen molar-refractivity contribution < 1.29 is 24.2 Å². The van der Waals surface area contributed by atoms with Crippen LogP contribution in [0.15, 0.2) is 24.3 Å². The quantitative estimate of drug-likeness (QED) is 0.373. The minimum absolute atomic E-state index is 0.0897. The number of piperidine rings is 1. The van der Waals surface area contributed by atoms with E-state index in [1.807, 2.05) is 11.8 Å². The minimum Gasteiger partial charge on any atom is -0.480 e. The van der Waals surface area contributed by atoms with Crippen molar-refractivity contribution in [3.05, 3.63) is 29.8 Å². The largest absolute Gasteiger partial charge is 0.480 e. The van der Waals surface area contributed by atoms with Gasteiger partial charge in [-0.05, 0) is 49.8 Å². The lowest BCUT2D eigenvalue weighted by Crippen LogP contribution is -2.45. The van der Waals surface area contributed by atoms with Crippen LogP contribution in [0.4, 0.5) is 4.79 Å². The van der Waals surface area contributed by atoms with Gasteiger partial charge >= 0.3 is 12.1 Å². The number of carbonyl (C=O) groups excluding carboxylic acids is 1. The van der Waals surface area contributed by atoms with Crippen LogP contribution >= 0.6 is 0 Å². The van der Waals surface area contributed by atoms with Crippen LogP contribution in [0.3, 0.4) is 0 Å². The van der Waals surface area contributed by atoms with E-state index in [0.29, 0.717) is 18.2 Å². The number of hydrogen-bond acceptors (Lipinski definition) is 6. The molecule has 1 aromatic rings.